The van der Waals surface area contributed by atoms with Gasteiger partial charge in [0.1, 0.15) is 10.6 Å². The molecule has 11 nitrogen and oxygen atoms in total. The van der Waals surface area contributed by atoms with Crippen LogP contribution in [0.5, 0.6) is 0 Å². The van der Waals surface area contributed by atoms with Crippen molar-refractivity contribution in [3.63, 3.8) is 0 Å². The van der Waals surface area contributed by atoms with E-state index in [2.05, 4.69) is 20.7 Å². The van der Waals surface area contributed by atoms with Crippen LogP contribution in [0.15, 0.2) is 9.42 Å². The third-order valence-corrected chi connectivity index (χ3v) is 7.40. The monoisotopic (exact) mass is 413 g/mol. The highest BCUT2D eigenvalue weighted by Gasteiger charge is 2.47. The number of sulfonamides is 1. The second-order valence-electron chi connectivity index (χ2n) is 7.24. The zero-order valence-electron chi connectivity index (χ0n) is 16.9. The van der Waals surface area contributed by atoms with Crippen LogP contribution >= 0.6 is 0 Å². The molecule has 28 heavy (non-hydrogen) atoms. The molecule has 1 aliphatic heterocycles. The Balaban J connectivity index is 2.00. The number of rotatable bonds is 7. The molecule has 0 aromatic carbocycles. The van der Waals surface area contributed by atoms with E-state index in [1.54, 1.807) is 25.6 Å². The molecule has 1 aliphatic rings. The summed E-state index contributed by atoms with van der Waals surface area (Å²) < 4.78 is 40.1. The van der Waals surface area contributed by atoms with Gasteiger partial charge in [-0.15, -0.1) is 5.10 Å². The average Bonchev–Trinajstić information content (AvgIpc) is 3.26. The van der Waals surface area contributed by atoms with Gasteiger partial charge in [0.25, 0.3) is 0 Å². The van der Waals surface area contributed by atoms with Gasteiger partial charge in [0.2, 0.25) is 10.0 Å². The summed E-state index contributed by atoms with van der Waals surface area (Å²) in [6, 6.07) is 0. The Kier molecular flexibility index (Phi) is 5.84. The molecule has 1 atom stereocenters. The van der Waals surface area contributed by atoms with Crippen molar-refractivity contribution in [3.8, 4) is 0 Å². The first-order valence-electron chi connectivity index (χ1n) is 9.10. The molecule has 2 aromatic heterocycles. The number of aryl methyl sites for hydroxylation is 2. The molecule has 0 bridgehead atoms. The van der Waals surface area contributed by atoms with E-state index >= 15 is 0 Å². The molecule has 0 amide bonds. The summed E-state index contributed by atoms with van der Waals surface area (Å²) in [7, 11) is 1.69. The van der Waals surface area contributed by atoms with Gasteiger partial charge in [-0.2, -0.15) is 4.31 Å². The van der Waals surface area contributed by atoms with Crippen LogP contribution in [0.1, 0.15) is 30.1 Å². The molecule has 0 N–H and O–H groups in total. The molecule has 0 spiro atoms. The lowest BCUT2D eigenvalue weighted by Crippen LogP contribution is -2.56. The van der Waals surface area contributed by atoms with Gasteiger partial charge in [0, 0.05) is 20.2 Å². The predicted molar refractivity (Wildman–Crippen MR) is 99.0 cm³/mol. The molecule has 1 saturated heterocycles. The molecule has 3 rings (SSSR count). The van der Waals surface area contributed by atoms with E-state index < -0.39 is 15.6 Å². The Morgan fingerprint density at radius 3 is 2.68 bits per heavy atom. The second-order valence-corrected chi connectivity index (χ2v) is 9.11. The van der Waals surface area contributed by atoms with Crippen molar-refractivity contribution >= 4 is 10.0 Å². The van der Waals surface area contributed by atoms with Gasteiger partial charge in [0.05, 0.1) is 18.7 Å². The van der Waals surface area contributed by atoms with Gasteiger partial charge in [-0.1, -0.05) is 5.16 Å². The smallest absolute Gasteiger partial charge is 0.248 e. The molecule has 3 heterocycles. The van der Waals surface area contributed by atoms with E-state index in [0.29, 0.717) is 43.4 Å². The van der Waals surface area contributed by atoms with Crippen LogP contribution in [0.4, 0.5) is 0 Å². The van der Waals surface area contributed by atoms with Crippen LogP contribution in [0, 0.1) is 13.8 Å². The number of ether oxygens (including phenoxy) is 1. The molecule has 0 radical (unpaired) electrons. The average molecular weight is 414 g/mol. The largest absolute Gasteiger partial charge is 0.383 e. The Bertz CT molecular complexity index is 904. The van der Waals surface area contributed by atoms with Gasteiger partial charge >= 0.3 is 0 Å². The summed E-state index contributed by atoms with van der Waals surface area (Å²) in [5.41, 5.74) is -0.287. The lowest BCUT2D eigenvalue weighted by molar-refractivity contribution is 0.0620. The maximum Gasteiger partial charge on any atom is 0.248 e. The van der Waals surface area contributed by atoms with Crippen molar-refractivity contribution in [3.05, 3.63) is 17.3 Å². The van der Waals surface area contributed by atoms with E-state index in [0.717, 1.165) is 6.42 Å². The molecule has 2 aromatic rings. The summed E-state index contributed by atoms with van der Waals surface area (Å²) in [5.74, 6) is 0.927. The van der Waals surface area contributed by atoms with Gasteiger partial charge < -0.3 is 9.26 Å². The minimum Gasteiger partial charge on any atom is -0.383 e. The van der Waals surface area contributed by atoms with Crippen molar-refractivity contribution in [1.82, 2.24) is 34.6 Å². The maximum atomic E-state index is 13.4. The van der Waals surface area contributed by atoms with Crippen molar-refractivity contribution in [2.24, 2.45) is 0 Å². The van der Waals surface area contributed by atoms with E-state index in [4.69, 9.17) is 9.26 Å². The van der Waals surface area contributed by atoms with Crippen LogP contribution < -0.4 is 0 Å². The fourth-order valence-corrected chi connectivity index (χ4v) is 5.61. The number of tetrazole rings is 1. The first-order valence-corrected chi connectivity index (χ1v) is 10.5. The number of hydrogen-bond donors (Lipinski definition) is 0. The lowest BCUT2D eigenvalue weighted by Gasteiger charge is -2.45. The Morgan fingerprint density at radius 1 is 1.32 bits per heavy atom. The highest BCUT2D eigenvalue weighted by atomic mass is 32.2. The van der Waals surface area contributed by atoms with Crippen LogP contribution in [-0.2, 0) is 26.8 Å². The maximum absolute atomic E-state index is 13.4. The Hall–Kier alpha value is -1.89. The second kappa shape index (κ2) is 7.85. The highest BCUT2D eigenvalue weighted by molar-refractivity contribution is 7.89. The fraction of sp³-hybridized carbons (Fsp3) is 0.750. The third-order valence-electron chi connectivity index (χ3n) is 5.31. The minimum atomic E-state index is -3.76. The summed E-state index contributed by atoms with van der Waals surface area (Å²) in [6.45, 7) is 4.86. The van der Waals surface area contributed by atoms with Crippen molar-refractivity contribution in [2.75, 3.05) is 40.9 Å². The number of hydrogen-bond acceptors (Lipinski definition) is 9. The number of nitrogens with zero attached hydrogens (tertiary/aromatic N) is 7. The number of methoxy groups -OCH3 is 1. The SMILES string of the molecule is COCCn1nnnc1C1(N(C)C)CCCN(S(=O)(=O)c2c(C)noc2C)C1. The van der Waals surface area contributed by atoms with Crippen molar-refractivity contribution in [2.45, 2.75) is 43.7 Å². The topological polar surface area (TPSA) is 119 Å². The molecule has 156 valence electrons. The van der Waals surface area contributed by atoms with Crippen molar-refractivity contribution < 1.29 is 17.7 Å². The summed E-state index contributed by atoms with van der Waals surface area (Å²) in [4.78, 5) is 2.14. The Morgan fingerprint density at radius 2 is 2.07 bits per heavy atom. The zero-order valence-corrected chi connectivity index (χ0v) is 17.7. The molecule has 12 heteroatoms. The first-order chi connectivity index (χ1) is 13.2. The zero-order chi connectivity index (χ0) is 20.5. The first kappa shape index (κ1) is 20.8. The molecule has 0 aliphatic carbocycles. The summed E-state index contributed by atoms with van der Waals surface area (Å²) >= 11 is 0. The molecule has 1 fully saturated rings. The van der Waals surface area contributed by atoms with Crippen LogP contribution in [0.3, 0.4) is 0 Å². The van der Waals surface area contributed by atoms with Crippen molar-refractivity contribution in [1.29, 1.82) is 0 Å². The Labute approximate surface area is 164 Å². The summed E-state index contributed by atoms with van der Waals surface area (Å²) in [6.07, 6.45) is 1.42. The predicted octanol–water partition coefficient (Wildman–Crippen LogP) is 0.166. The molecular weight excluding hydrogens is 386 g/mol. The van der Waals surface area contributed by atoms with E-state index in [9.17, 15) is 8.42 Å². The quantitative estimate of drug-likeness (QED) is 0.625. The molecular formula is C16H27N7O4S. The molecule has 0 saturated carbocycles. The summed E-state index contributed by atoms with van der Waals surface area (Å²) in [5, 5.41) is 16.0. The standard InChI is InChI=1S/C16H27N7O4S/c1-12-14(13(2)27-18-12)28(24,25)22-8-6-7-16(11-22,21(3)4)15-17-19-20-23(15)9-10-26-5/h6-11H2,1-5H3. The van der Waals surface area contributed by atoms with Crippen LogP contribution in [-0.4, -0.2) is 83.9 Å². The van der Waals surface area contributed by atoms with Crippen LogP contribution in [0.2, 0.25) is 0 Å². The van der Waals surface area contributed by atoms with E-state index in [1.807, 2.05) is 19.0 Å². The number of likely N-dealkylation sites (N-methyl/N-ethyl adjacent to an activating group) is 1. The van der Waals surface area contributed by atoms with E-state index in [-0.39, 0.29) is 11.4 Å². The van der Waals surface area contributed by atoms with Gasteiger partial charge in [-0.25, -0.2) is 13.1 Å². The van der Waals surface area contributed by atoms with Gasteiger partial charge in [-0.05, 0) is 51.2 Å². The van der Waals surface area contributed by atoms with Gasteiger partial charge in [0.15, 0.2) is 11.6 Å². The number of aromatic nitrogens is 5. The van der Waals surface area contributed by atoms with Gasteiger partial charge in [-0.3, -0.25) is 4.90 Å². The molecule has 1 unspecified atom stereocenters. The highest BCUT2D eigenvalue weighted by Crippen LogP contribution is 2.37. The normalized spacial score (nSPS) is 21.5. The lowest BCUT2D eigenvalue weighted by atomic mass is 9.88. The third kappa shape index (κ3) is 3.45. The minimum absolute atomic E-state index is 0.140. The van der Waals surface area contributed by atoms with E-state index in [1.165, 1.54) is 4.31 Å². The fourth-order valence-electron chi connectivity index (χ4n) is 3.79. The number of piperidine rings is 1. The van der Waals surface area contributed by atoms with Crippen LogP contribution in [0.25, 0.3) is 0 Å².